The van der Waals surface area contributed by atoms with Gasteiger partial charge in [0.05, 0.1) is 17.8 Å². The van der Waals surface area contributed by atoms with E-state index in [1.165, 1.54) is 0 Å². The number of alkyl carbamates (subject to hydrolysis) is 1. The van der Waals surface area contributed by atoms with Crippen molar-refractivity contribution < 1.29 is 38.6 Å². The van der Waals surface area contributed by atoms with Crippen LogP contribution in [0, 0.1) is 0 Å². The van der Waals surface area contributed by atoms with Crippen LogP contribution < -0.4 is 16.1 Å². The average Bonchev–Trinajstić information content (AvgIpc) is 3.08. The highest BCUT2D eigenvalue weighted by Crippen LogP contribution is 2.36. The van der Waals surface area contributed by atoms with Gasteiger partial charge < -0.3 is 34.9 Å². The molecule has 198 valence electrons. The lowest BCUT2D eigenvalue weighted by atomic mass is 9.78. The van der Waals surface area contributed by atoms with Crippen LogP contribution in [0.2, 0.25) is 0 Å². The molecule has 0 saturated carbocycles. The molecule has 0 aliphatic carbocycles. The lowest BCUT2D eigenvalue weighted by molar-refractivity contribution is -0.142. The number of carboxylic acid groups (broad SMARTS) is 1. The van der Waals surface area contributed by atoms with Gasteiger partial charge in [0, 0.05) is 6.42 Å². The van der Waals surface area contributed by atoms with E-state index in [-0.39, 0.29) is 13.0 Å². The first-order valence-electron chi connectivity index (χ1n) is 12.0. The third-order valence-corrected chi connectivity index (χ3v) is 6.56. The molecule has 11 heteroatoms. The molecule has 4 N–H and O–H groups in total. The largest absolute Gasteiger partial charge is 0.494 e. The second-order valence-corrected chi connectivity index (χ2v) is 9.87. The molecule has 0 spiro atoms. The van der Waals surface area contributed by atoms with Crippen LogP contribution in [0.25, 0.3) is 0 Å². The number of benzene rings is 2. The van der Waals surface area contributed by atoms with Crippen molar-refractivity contribution in [2.75, 3.05) is 6.61 Å². The minimum Gasteiger partial charge on any atom is -0.480 e. The van der Waals surface area contributed by atoms with Gasteiger partial charge in [-0.25, -0.2) is 9.59 Å². The Morgan fingerprint density at radius 1 is 0.892 bits per heavy atom. The Hall–Kier alpha value is -3.41. The molecule has 0 aromatic heterocycles. The molecule has 3 rings (SSSR count). The number of amides is 2. The normalized spacial score (nSPS) is 17.5. The molecule has 2 atom stereocenters. The van der Waals surface area contributed by atoms with Gasteiger partial charge in [-0.2, -0.15) is 0 Å². The zero-order chi connectivity index (χ0) is 27.2. The molecule has 37 heavy (non-hydrogen) atoms. The number of carboxylic acids is 1. The summed E-state index contributed by atoms with van der Waals surface area (Å²) in [6.07, 6.45) is -0.926. The number of aliphatic hydroxyl groups is 1. The maximum absolute atomic E-state index is 12.6. The van der Waals surface area contributed by atoms with Crippen molar-refractivity contribution in [1.82, 2.24) is 10.6 Å². The Morgan fingerprint density at radius 2 is 1.49 bits per heavy atom. The highest BCUT2D eigenvalue weighted by molar-refractivity contribution is 6.62. The quantitative estimate of drug-likeness (QED) is 0.350. The number of hydrogen-bond donors (Lipinski definition) is 4. The van der Waals surface area contributed by atoms with Gasteiger partial charge in [-0.3, -0.25) is 4.79 Å². The maximum Gasteiger partial charge on any atom is 0.494 e. The van der Waals surface area contributed by atoms with Gasteiger partial charge in [0.2, 0.25) is 5.91 Å². The standard InChI is InChI=1S/C26H33BN2O8/c1-25(2)26(3,4)37-27(36-25)19-12-10-17(11-13-19)14-20(23(32)33)28-22(31)21(15-30)29-24(34)35-16-18-8-6-5-7-9-18/h5-13,20-21,30H,14-16H2,1-4H3,(H,28,31)(H,29,34)(H,32,33)/t20-,21-/m0/s1. The summed E-state index contributed by atoms with van der Waals surface area (Å²) in [5, 5.41) is 23.8. The molecule has 0 radical (unpaired) electrons. The van der Waals surface area contributed by atoms with Crippen molar-refractivity contribution in [2.24, 2.45) is 0 Å². The molecule has 1 fully saturated rings. The summed E-state index contributed by atoms with van der Waals surface area (Å²) >= 11 is 0. The van der Waals surface area contributed by atoms with Crippen molar-refractivity contribution >= 4 is 30.6 Å². The fourth-order valence-corrected chi connectivity index (χ4v) is 3.60. The van der Waals surface area contributed by atoms with Crippen LogP contribution >= 0.6 is 0 Å². The maximum atomic E-state index is 12.6. The summed E-state index contributed by atoms with van der Waals surface area (Å²) in [6.45, 7) is 7.07. The van der Waals surface area contributed by atoms with Crippen LogP contribution in [-0.4, -0.2) is 65.2 Å². The van der Waals surface area contributed by atoms with Crippen LogP contribution in [0.1, 0.15) is 38.8 Å². The third kappa shape index (κ3) is 7.31. The Morgan fingerprint density at radius 3 is 2.03 bits per heavy atom. The number of aliphatic hydroxyl groups excluding tert-OH is 1. The summed E-state index contributed by atoms with van der Waals surface area (Å²) in [4.78, 5) is 36.5. The first kappa shape index (κ1) is 28.2. The number of aliphatic carboxylic acids is 1. The average molecular weight is 512 g/mol. The second kappa shape index (κ2) is 11.8. The van der Waals surface area contributed by atoms with Gasteiger partial charge in [-0.15, -0.1) is 0 Å². The smallest absolute Gasteiger partial charge is 0.480 e. The molecule has 10 nitrogen and oxygen atoms in total. The number of carbonyl (C=O) groups is 3. The first-order valence-corrected chi connectivity index (χ1v) is 12.0. The highest BCUT2D eigenvalue weighted by Gasteiger charge is 2.51. The molecule has 1 aliphatic heterocycles. The summed E-state index contributed by atoms with van der Waals surface area (Å²) in [5.74, 6) is -2.10. The number of rotatable bonds is 10. The molecule has 1 saturated heterocycles. The van der Waals surface area contributed by atoms with Crippen LogP contribution in [0.5, 0.6) is 0 Å². The van der Waals surface area contributed by atoms with Crippen molar-refractivity contribution in [2.45, 2.75) is 64.0 Å². The third-order valence-electron chi connectivity index (χ3n) is 6.56. The fourth-order valence-electron chi connectivity index (χ4n) is 3.60. The molecular weight excluding hydrogens is 479 g/mol. The van der Waals surface area contributed by atoms with E-state index < -0.39 is 55.0 Å². The molecule has 1 aliphatic rings. The van der Waals surface area contributed by atoms with Crippen LogP contribution in [0.3, 0.4) is 0 Å². The Labute approximate surface area is 216 Å². The van der Waals surface area contributed by atoms with Gasteiger partial charge in [-0.05, 0) is 44.3 Å². The minimum absolute atomic E-state index is 0.0126. The number of carbonyl (C=O) groups excluding carboxylic acids is 2. The van der Waals surface area contributed by atoms with Crippen molar-refractivity contribution in [3.8, 4) is 0 Å². The van der Waals surface area contributed by atoms with E-state index in [9.17, 15) is 24.6 Å². The number of ether oxygens (including phenoxy) is 1. The molecule has 2 aromatic carbocycles. The lowest BCUT2D eigenvalue weighted by Crippen LogP contribution is -2.53. The predicted molar refractivity (Wildman–Crippen MR) is 136 cm³/mol. The van der Waals surface area contributed by atoms with Gasteiger partial charge in [0.1, 0.15) is 18.7 Å². The molecule has 1 heterocycles. The minimum atomic E-state index is -1.38. The molecule has 0 unspecified atom stereocenters. The predicted octanol–water partition coefficient (Wildman–Crippen LogP) is 1.39. The lowest BCUT2D eigenvalue weighted by Gasteiger charge is -2.32. The summed E-state index contributed by atoms with van der Waals surface area (Å²) in [5.41, 5.74) is 1.22. The van der Waals surface area contributed by atoms with Gasteiger partial charge in [-0.1, -0.05) is 54.6 Å². The van der Waals surface area contributed by atoms with Crippen LogP contribution in [-0.2, 0) is 36.7 Å². The van der Waals surface area contributed by atoms with Crippen molar-refractivity contribution in [3.05, 3.63) is 65.7 Å². The van der Waals surface area contributed by atoms with E-state index in [0.29, 0.717) is 5.56 Å². The SMILES string of the molecule is CC1(C)OB(c2ccc(C[C@H](NC(=O)[C@H](CO)NC(=O)OCc3ccccc3)C(=O)O)cc2)OC1(C)C. The second-order valence-electron chi connectivity index (χ2n) is 9.87. The highest BCUT2D eigenvalue weighted by atomic mass is 16.7. The van der Waals surface area contributed by atoms with Crippen LogP contribution in [0.4, 0.5) is 4.79 Å². The van der Waals surface area contributed by atoms with E-state index in [4.69, 9.17) is 14.0 Å². The Bertz CT molecular complexity index is 1080. The fraction of sp³-hybridized carbons (Fsp3) is 0.423. The molecule has 2 aromatic rings. The van der Waals surface area contributed by atoms with Crippen molar-refractivity contribution in [1.29, 1.82) is 0 Å². The van der Waals surface area contributed by atoms with Crippen molar-refractivity contribution in [3.63, 3.8) is 0 Å². The van der Waals surface area contributed by atoms with E-state index in [2.05, 4.69) is 10.6 Å². The summed E-state index contributed by atoms with van der Waals surface area (Å²) < 4.78 is 17.1. The first-order chi connectivity index (χ1) is 17.4. The zero-order valence-electron chi connectivity index (χ0n) is 21.4. The molecule has 2 amide bonds. The van der Waals surface area contributed by atoms with E-state index >= 15 is 0 Å². The molecular formula is C26H33BN2O8. The van der Waals surface area contributed by atoms with Crippen LogP contribution in [0.15, 0.2) is 54.6 Å². The number of nitrogens with one attached hydrogen (secondary N) is 2. The van der Waals surface area contributed by atoms with E-state index in [1.807, 2.05) is 33.8 Å². The zero-order valence-corrected chi connectivity index (χ0v) is 21.4. The summed E-state index contributed by atoms with van der Waals surface area (Å²) in [7, 11) is -0.549. The van der Waals surface area contributed by atoms with Gasteiger partial charge in [0.25, 0.3) is 0 Å². The Balaban J connectivity index is 1.56. The Kier molecular flexibility index (Phi) is 8.96. The van der Waals surface area contributed by atoms with Gasteiger partial charge >= 0.3 is 19.2 Å². The monoisotopic (exact) mass is 512 g/mol. The molecule has 0 bridgehead atoms. The topological polar surface area (TPSA) is 143 Å². The van der Waals surface area contributed by atoms with E-state index in [1.54, 1.807) is 48.5 Å². The summed E-state index contributed by atoms with van der Waals surface area (Å²) in [6, 6.07) is 13.3. The van der Waals surface area contributed by atoms with Gasteiger partial charge in [0.15, 0.2) is 0 Å². The number of hydrogen-bond acceptors (Lipinski definition) is 7. The van der Waals surface area contributed by atoms with E-state index in [0.717, 1.165) is 11.0 Å².